The zero-order chi connectivity index (χ0) is 11.4. The molecule has 0 aromatic carbocycles. The van der Waals surface area contributed by atoms with E-state index in [1.54, 1.807) is 16.9 Å². The number of aliphatic hydroxyl groups is 1. The number of carbonyl (C=O) groups excluding carboxylic acids is 1. The van der Waals surface area contributed by atoms with Gasteiger partial charge in [-0.05, 0) is 19.9 Å². The SMILES string of the molecule is COC(=O)C[C@@H](O)c1ccnn1C(C)C. The summed E-state index contributed by atoms with van der Waals surface area (Å²) in [5.41, 5.74) is 0.635. The van der Waals surface area contributed by atoms with Crippen molar-refractivity contribution in [3.05, 3.63) is 18.0 Å². The molecule has 0 aliphatic heterocycles. The van der Waals surface area contributed by atoms with Crippen molar-refractivity contribution in [3.8, 4) is 0 Å². The summed E-state index contributed by atoms with van der Waals surface area (Å²) in [6.07, 6.45) is 0.701. The van der Waals surface area contributed by atoms with Crippen LogP contribution in [0.25, 0.3) is 0 Å². The van der Waals surface area contributed by atoms with Gasteiger partial charge in [-0.1, -0.05) is 0 Å². The third-order valence-electron chi connectivity index (χ3n) is 2.12. The highest BCUT2D eigenvalue weighted by atomic mass is 16.5. The van der Waals surface area contributed by atoms with Crippen molar-refractivity contribution in [3.63, 3.8) is 0 Å². The van der Waals surface area contributed by atoms with Crippen LogP contribution in [0.3, 0.4) is 0 Å². The molecule has 0 unspecified atom stereocenters. The lowest BCUT2D eigenvalue weighted by Gasteiger charge is -2.14. The maximum Gasteiger partial charge on any atom is 0.308 e. The molecule has 0 bridgehead atoms. The number of ether oxygens (including phenoxy) is 1. The van der Waals surface area contributed by atoms with Gasteiger partial charge in [0.05, 0.1) is 19.2 Å². The zero-order valence-electron chi connectivity index (χ0n) is 9.17. The van der Waals surface area contributed by atoms with Crippen LogP contribution in [0.2, 0.25) is 0 Å². The van der Waals surface area contributed by atoms with Gasteiger partial charge in [-0.2, -0.15) is 5.10 Å². The zero-order valence-corrected chi connectivity index (χ0v) is 9.17. The van der Waals surface area contributed by atoms with Gasteiger partial charge in [0.15, 0.2) is 0 Å². The normalized spacial score (nSPS) is 12.9. The molecule has 1 aromatic heterocycles. The van der Waals surface area contributed by atoms with Crippen LogP contribution in [0.5, 0.6) is 0 Å². The van der Waals surface area contributed by atoms with Gasteiger partial charge in [-0.3, -0.25) is 9.48 Å². The van der Waals surface area contributed by atoms with Gasteiger partial charge >= 0.3 is 5.97 Å². The van der Waals surface area contributed by atoms with Crippen molar-refractivity contribution in [2.24, 2.45) is 0 Å². The van der Waals surface area contributed by atoms with Gasteiger partial charge in [0, 0.05) is 12.2 Å². The second-order valence-electron chi connectivity index (χ2n) is 3.59. The minimum absolute atomic E-state index is 0.0467. The second kappa shape index (κ2) is 4.93. The molecule has 1 N–H and O–H groups in total. The van der Waals surface area contributed by atoms with Gasteiger partial charge in [-0.25, -0.2) is 0 Å². The molecule has 0 fully saturated rings. The molecule has 5 nitrogen and oxygen atoms in total. The number of aromatic nitrogens is 2. The summed E-state index contributed by atoms with van der Waals surface area (Å²) in [4.78, 5) is 11.0. The van der Waals surface area contributed by atoms with E-state index in [1.807, 2.05) is 13.8 Å². The van der Waals surface area contributed by atoms with Crippen LogP contribution >= 0.6 is 0 Å². The number of esters is 1. The van der Waals surface area contributed by atoms with E-state index in [1.165, 1.54) is 7.11 Å². The van der Waals surface area contributed by atoms with Crippen LogP contribution in [-0.2, 0) is 9.53 Å². The molecule has 0 radical (unpaired) electrons. The maximum absolute atomic E-state index is 11.0. The Balaban J connectivity index is 2.77. The fraction of sp³-hybridized carbons (Fsp3) is 0.600. The molecule has 1 rings (SSSR count). The van der Waals surface area contributed by atoms with Crippen LogP contribution in [-0.4, -0.2) is 28.0 Å². The van der Waals surface area contributed by atoms with E-state index >= 15 is 0 Å². The number of nitrogens with zero attached hydrogens (tertiary/aromatic N) is 2. The van der Waals surface area contributed by atoms with E-state index in [0.29, 0.717) is 5.69 Å². The molecule has 0 spiro atoms. The Morgan fingerprint density at radius 1 is 1.67 bits per heavy atom. The molecular weight excluding hydrogens is 196 g/mol. The van der Waals surface area contributed by atoms with E-state index in [2.05, 4.69) is 9.84 Å². The van der Waals surface area contributed by atoms with Crippen molar-refractivity contribution < 1.29 is 14.6 Å². The molecule has 1 atom stereocenters. The van der Waals surface area contributed by atoms with E-state index in [-0.39, 0.29) is 12.5 Å². The number of methoxy groups -OCH3 is 1. The highest BCUT2D eigenvalue weighted by Gasteiger charge is 2.18. The predicted octanol–water partition coefficient (Wildman–Crippen LogP) is 1.06. The first kappa shape index (κ1) is 11.7. The van der Waals surface area contributed by atoms with Crippen molar-refractivity contribution in [2.75, 3.05) is 7.11 Å². The predicted molar refractivity (Wildman–Crippen MR) is 54.2 cm³/mol. The van der Waals surface area contributed by atoms with Crippen molar-refractivity contribution in [1.82, 2.24) is 9.78 Å². The fourth-order valence-corrected chi connectivity index (χ4v) is 1.37. The van der Waals surface area contributed by atoms with Crippen LogP contribution < -0.4 is 0 Å². The van der Waals surface area contributed by atoms with E-state index in [9.17, 15) is 9.90 Å². The quantitative estimate of drug-likeness (QED) is 0.758. The molecule has 0 saturated heterocycles. The first-order valence-corrected chi connectivity index (χ1v) is 4.84. The minimum atomic E-state index is -0.859. The average molecular weight is 212 g/mol. The van der Waals surface area contributed by atoms with Gasteiger partial charge in [-0.15, -0.1) is 0 Å². The van der Waals surface area contributed by atoms with Crippen LogP contribution in [0, 0.1) is 0 Å². The molecule has 15 heavy (non-hydrogen) atoms. The Bertz CT molecular complexity index is 333. The number of hydrogen-bond donors (Lipinski definition) is 1. The average Bonchev–Trinajstić information content (AvgIpc) is 2.65. The number of rotatable bonds is 4. The summed E-state index contributed by atoms with van der Waals surface area (Å²) in [5.74, 6) is -0.431. The largest absolute Gasteiger partial charge is 0.469 e. The number of aliphatic hydroxyl groups excluding tert-OH is 1. The smallest absolute Gasteiger partial charge is 0.308 e. The summed E-state index contributed by atoms with van der Waals surface area (Å²) >= 11 is 0. The number of hydrogen-bond acceptors (Lipinski definition) is 4. The lowest BCUT2D eigenvalue weighted by molar-refractivity contribution is -0.143. The van der Waals surface area contributed by atoms with E-state index < -0.39 is 12.1 Å². The lowest BCUT2D eigenvalue weighted by Crippen LogP contribution is -2.14. The highest BCUT2D eigenvalue weighted by molar-refractivity contribution is 5.69. The maximum atomic E-state index is 11.0. The van der Waals surface area contributed by atoms with Crippen LogP contribution in [0.1, 0.15) is 38.1 Å². The monoisotopic (exact) mass is 212 g/mol. The molecule has 0 aliphatic rings. The van der Waals surface area contributed by atoms with E-state index in [4.69, 9.17) is 0 Å². The van der Waals surface area contributed by atoms with Crippen LogP contribution in [0.4, 0.5) is 0 Å². The molecule has 0 aliphatic carbocycles. The Morgan fingerprint density at radius 2 is 2.33 bits per heavy atom. The Labute approximate surface area is 88.7 Å². The molecule has 1 aromatic rings. The topological polar surface area (TPSA) is 64.3 Å². The minimum Gasteiger partial charge on any atom is -0.469 e. The Kier molecular flexibility index (Phi) is 3.85. The standard InChI is InChI=1S/C10H16N2O3/c1-7(2)12-8(4-5-11-12)9(13)6-10(14)15-3/h4-5,7,9,13H,6H2,1-3H3/t9-/m1/s1. The first-order valence-electron chi connectivity index (χ1n) is 4.84. The van der Waals surface area contributed by atoms with Crippen molar-refractivity contribution >= 4 is 5.97 Å². The molecule has 84 valence electrons. The summed E-state index contributed by atoms with van der Waals surface area (Å²) < 4.78 is 6.18. The highest BCUT2D eigenvalue weighted by Crippen LogP contribution is 2.19. The van der Waals surface area contributed by atoms with Crippen LogP contribution in [0.15, 0.2) is 12.3 Å². The first-order chi connectivity index (χ1) is 7.06. The molecule has 0 saturated carbocycles. The van der Waals surface area contributed by atoms with Crippen molar-refractivity contribution in [2.45, 2.75) is 32.4 Å². The Morgan fingerprint density at radius 3 is 2.87 bits per heavy atom. The molecule has 0 amide bonds. The molecule has 5 heteroatoms. The lowest BCUT2D eigenvalue weighted by atomic mass is 10.2. The second-order valence-corrected chi connectivity index (χ2v) is 3.59. The van der Waals surface area contributed by atoms with Gasteiger partial charge < -0.3 is 9.84 Å². The number of carbonyl (C=O) groups is 1. The fourth-order valence-electron chi connectivity index (χ4n) is 1.37. The van der Waals surface area contributed by atoms with Gasteiger partial charge in [0.1, 0.15) is 6.10 Å². The third kappa shape index (κ3) is 2.79. The summed E-state index contributed by atoms with van der Waals surface area (Å²) in [6, 6.07) is 1.86. The van der Waals surface area contributed by atoms with Gasteiger partial charge in [0.2, 0.25) is 0 Å². The van der Waals surface area contributed by atoms with E-state index in [0.717, 1.165) is 0 Å². The van der Waals surface area contributed by atoms with Gasteiger partial charge in [0.25, 0.3) is 0 Å². The summed E-state index contributed by atoms with van der Waals surface area (Å²) in [6.45, 7) is 3.92. The van der Waals surface area contributed by atoms with Crippen molar-refractivity contribution in [1.29, 1.82) is 0 Å². The third-order valence-corrected chi connectivity index (χ3v) is 2.12. The Hall–Kier alpha value is -1.36. The summed E-state index contributed by atoms with van der Waals surface area (Å²) in [7, 11) is 1.30. The molecular formula is C10H16N2O3. The molecule has 1 heterocycles. The summed E-state index contributed by atoms with van der Waals surface area (Å²) in [5, 5.41) is 13.9.